The van der Waals surface area contributed by atoms with Crippen LogP contribution in [0.4, 0.5) is 4.39 Å². The molecule has 0 fully saturated rings. The van der Waals surface area contributed by atoms with Crippen molar-refractivity contribution < 1.29 is 18.7 Å². The summed E-state index contributed by atoms with van der Waals surface area (Å²) >= 11 is 0. The molecule has 1 aromatic carbocycles. The topological polar surface area (TPSA) is 47.8 Å². The van der Waals surface area contributed by atoms with E-state index in [0.29, 0.717) is 22.3 Å². The van der Waals surface area contributed by atoms with Crippen molar-refractivity contribution in [2.24, 2.45) is 0 Å². The minimum atomic E-state index is -0.477. The number of ether oxygens (including phenoxy) is 1. The van der Waals surface area contributed by atoms with E-state index in [4.69, 9.17) is 4.74 Å². The van der Waals surface area contributed by atoms with Crippen LogP contribution in [0.2, 0.25) is 0 Å². The molecule has 2 aromatic heterocycles. The molecule has 0 aliphatic carbocycles. The molecule has 0 radical (unpaired) electrons. The van der Waals surface area contributed by atoms with Gasteiger partial charge in [0.2, 0.25) is 5.78 Å². The summed E-state index contributed by atoms with van der Waals surface area (Å²) in [5.74, 6) is -1.18. The molecule has 0 aliphatic heterocycles. The quantitative estimate of drug-likeness (QED) is 0.547. The number of carbonyl (C=O) groups excluding carboxylic acids is 2. The SMILES string of the molecule is CCOC(=O)c1cc(C(=O)c2ccc(F)cc2)n2ccccc12. The van der Waals surface area contributed by atoms with E-state index in [2.05, 4.69) is 0 Å². The summed E-state index contributed by atoms with van der Waals surface area (Å²) in [6.45, 7) is 1.98. The molecule has 0 N–H and O–H groups in total. The highest BCUT2D eigenvalue weighted by Gasteiger charge is 2.20. The van der Waals surface area contributed by atoms with Crippen molar-refractivity contribution in [3.63, 3.8) is 0 Å². The minimum absolute atomic E-state index is 0.254. The molecule has 0 saturated carbocycles. The highest BCUT2D eigenvalue weighted by atomic mass is 19.1. The van der Waals surface area contributed by atoms with Gasteiger partial charge in [-0.15, -0.1) is 0 Å². The summed E-state index contributed by atoms with van der Waals surface area (Å²) in [5.41, 5.74) is 1.61. The van der Waals surface area contributed by atoms with Crippen LogP contribution in [0.3, 0.4) is 0 Å². The lowest BCUT2D eigenvalue weighted by atomic mass is 10.1. The van der Waals surface area contributed by atoms with E-state index in [0.717, 1.165) is 0 Å². The van der Waals surface area contributed by atoms with Crippen molar-refractivity contribution in [3.8, 4) is 0 Å². The number of esters is 1. The third kappa shape index (κ3) is 2.73. The van der Waals surface area contributed by atoms with Gasteiger partial charge in [-0.2, -0.15) is 0 Å². The second kappa shape index (κ2) is 6.04. The molecule has 0 spiro atoms. The van der Waals surface area contributed by atoms with Crippen LogP contribution >= 0.6 is 0 Å². The minimum Gasteiger partial charge on any atom is -0.462 e. The van der Waals surface area contributed by atoms with Gasteiger partial charge in [-0.25, -0.2) is 9.18 Å². The van der Waals surface area contributed by atoms with E-state index < -0.39 is 11.8 Å². The zero-order valence-electron chi connectivity index (χ0n) is 12.5. The fraction of sp³-hybridized carbons (Fsp3) is 0.111. The molecular formula is C18H14FNO3. The Bertz CT molecular complexity index is 881. The Morgan fingerprint density at radius 2 is 1.87 bits per heavy atom. The smallest absolute Gasteiger partial charge is 0.340 e. The number of benzene rings is 1. The molecule has 4 nitrogen and oxygen atoms in total. The maximum absolute atomic E-state index is 13.0. The van der Waals surface area contributed by atoms with Crippen molar-refractivity contribution >= 4 is 17.3 Å². The van der Waals surface area contributed by atoms with Crippen LogP contribution in [0.25, 0.3) is 5.52 Å². The van der Waals surface area contributed by atoms with Crippen molar-refractivity contribution in [3.05, 3.63) is 77.4 Å². The molecule has 0 atom stereocenters. The lowest BCUT2D eigenvalue weighted by Gasteiger charge is -2.02. The molecule has 0 unspecified atom stereocenters. The van der Waals surface area contributed by atoms with Crippen LogP contribution in [0.5, 0.6) is 0 Å². The number of hydrogen-bond acceptors (Lipinski definition) is 3. The summed E-state index contributed by atoms with van der Waals surface area (Å²) in [6, 6.07) is 12.1. The molecule has 23 heavy (non-hydrogen) atoms. The molecule has 3 rings (SSSR count). The Hall–Kier alpha value is -2.95. The Balaban J connectivity index is 2.12. The van der Waals surface area contributed by atoms with Gasteiger partial charge in [0.15, 0.2) is 0 Å². The number of rotatable bonds is 4. The molecule has 0 bridgehead atoms. The van der Waals surface area contributed by atoms with E-state index in [1.807, 2.05) is 0 Å². The van der Waals surface area contributed by atoms with E-state index in [9.17, 15) is 14.0 Å². The highest BCUT2D eigenvalue weighted by Crippen LogP contribution is 2.21. The summed E-state index contributed by atoms with van der Waals surface area (Å²) in [4.78, 5) is 24.7. The van der Waals surface area contributed by atoms with Crippen LogP contribution in [0.1, 0.15) is 33.3 Å². The first-order valence-corrected chi connectivity index (χ1v) is 7.19. The third-order valence-electron chi connectivity index (χ3n) is 3.51. The summed E-state index contributed by atoms with van der Waals surface area (Å²) < 4.78 is 19.7. The molecule has 0 saturated heterocycles. The average Bonchev–Trinajstić information content (AvgIpc) is 2.95. The molecule has 3 aromatic rings. The van der Waals surface area contributed by atoms with E-state index >= 15 is 0 Å². The molecule has 0 aliphatic rings. The largest absolute Gasteiger partial charge is 0.462 e. The number of ketones is 1. The summed E-state index contributed by atoms with van der Waals surface area (Å²) in [7, 11) is 0. The summed E-state index contributed by atoms with van der Waals surface area (Å²) in [6.07, 6.45) is 1.70. The maximum atomic E-state index is 13.0. The van der Waals surface area contributed by atoms with Crippen molar-refractivity contribution in [1.29, 1.82) is 0 Å². The van der Waals surface area contributed by atoms with E-state index in [1.165, 1.54) is 30.3 Å². The Morgan fingerprint density at radius 3 is 2.57 bits per heavy atom. The van der Waals surface area contributed by atoms with Crippen LogP contribution in [-0.2, 0) is 4.74 Å². The van der Waals surface area contributed by atoms with Gasteiger partial charge in [-0.3, -0.25) is 4.79 Å². The van der Waals surface area contributed by atoms with Gasteiger partial charge in [0.1, 0.15) is 5.82 Å². The van der Waals surface area contributed by atoms with Crippen LogP contribution in [0, 0.1) is 5.82 Å². The van der Waals surface area contributed by atoms with E-state index in [1.54, 1.807) is 35.7 Å². The third-order valence-corrected chi connectivity index (χ3v) is 3.51. The van der Waals surface area contributed by atoms with Gasteiger partial charge >= 0.3 is 5.97 Å². The van der Waals surface area contributed by atoms with Crippen molar-refractivity contribution in [1.82, 2.24) is 4.40 Å². The first-order chi connectivity index (χ1) is 11.1. The van der Waals surface area contributed by atoms with Gasteiger partial charge in [-0.1, -0.05) is 6.07 Å². The number of carbonyl (C=O) groups is 2. The monoisotopic (exact) mass is 311 g/mol. The molecule has 2 heterocycles. The Labute approximate surface area is 132 Å². The lowest BCUT2D eigenvalue weighted by Crippen LogP contribution is -2.04. The fourth-order valence-electron chi connectivity index (χ4n) is 2.45. The van der Waals surface area contributed by atoms with Gasteiger partial charge in [0.25, 0.3) is 0 Å². The fourth-order valence-corrected chi connectivity index (χ4v) is 2.45. The predicted octanol–water partition coefficient (Wildman–Crippen LogP) is 3.49. The highest BCUT2D eigenvalue weighted by molar-refractivity contribution is 6.11. The first-order valence-electron chi connectivity index (χ1n) is 7.19. The van der Waals surface area contributed by atoms with Crippen LogP contribution in [0.15, 0.2) is 54.7 Å². The van der Waals surface area contributed by atoms with Gasteiger partial charge < -0.3 is 9.14 Å². The second-order valence-corrected chi connectivity index (χ2v) is 4.96. The average molecular weight is 311 g/mol. The van der Waals surface area contributed by atoms with Crippen LogP contribution < -0.4 is 0 Å². The molecular weight excluding hydrogens is 297 g/mol. The molecule has 5 heteroatoms. The number of halogens is 1. The van der Waals surface area contributed by atoms with Gasteiger partial charge in [0, 0.05) is 11.8 Å². The number of nitrogens with zero attached hydrogens (tertiary/aromatic N) is 1. The Morgan fingerprint density at radius 1 is 1.13 bits per heavy atom. The zero-order valence-corrected chi connectivity index (χ0v) is 12.5. The second-order valence-electron chi connectivity index (χ2n) is 4.96. The van der Waals surface area contributed by atoms with Gasteiger partial charge in [-0.05, 0) is 49.4 Å². The van der Waals surface area contributed by atoms with Crippen LogP contribution in [-0.4, -0.2) is 22.8 Å². The normalized spacial score (nSPS) is 10.7. The summed E-state index contributed by atoms with van der Waals surface area (Å²) in [5, 5.41) is 0. The standard InChI is InChI=1S/C18H14FNO3/c1-2-23-18(22)14-11-16(20-10-4-3-5-15(14)20)17(21)12-6-8-13(19)9-7-12/h3-11H,2H2,1H3. The number of hydrogen-bond donors (Lipinski definition) is 0. The van der Waals surface area contributed by atoms with Crippen molar-refractivity contribution in [2.45, 2.75) is 6.92 Å². The number of fused-ring (bicyclic) bond motifs is 1. The maximum Gasteiger partial charge on any atom is 0.340 e. The molecule has 0 amide bonds. The Kier molecular flexibility index (Phi) is 3.93. The number of aromatic nitrogens is 1. The lowest BCUT2D eigenvalue weighted by molar-refractivity contribution is 0.0529. The number of pyridine rings is 1. The zero-order chi connectivity index (χ0) is 16.4. The van der Waals surface area contributed by atoms with Gasteiger partial charge in [0.05, 0.1) is 23.4 Å². The van der Waals surface area contributed by atoms with E-state index in [-0.39, 0.29) is 12.4 Å². The first kappa shape index (κ1) is 15.0. The van der Waals surface area contributed by atoms with Crippen molar-refractivity contribution in [2.75, 3.05) is 6.61 Å². The molecule has 116 valence electrons. The predicted molar refractivity (Wildman–Crippen MR) is 83.2 cm³/mol.